The molecule has 4 N–H and O–H groups in total. The van der Waals surface area contributed by atoms with Crippen molar-refractivity contribution in [3.63, 3.8) is 0 Å². The summed E-state index contributed by atoms with van der Waals surface area (Å²) in [4.78, 5) is 10.4. The van der Waals surface area contributed by atoms with Gasteiger partial charge in [-0.3, -0.25) is 4.79 Å². The second-order valence-corrected chi connectivity index (χ2v) is 5.92. The molecule has 5 nitrogen and oxygen atoms in total. The topological polar surface area (TPSA) is 98.0 Å². The first-order valence-corrected chi connectivity index (χ1v) is 9.21. The van der Waals surface area contributed by atoms with E-state index >= 15 is 0 Å². The molecule has 5 heteroatoms. The van der Waals surface area contributed by atoms with Crippen molar-refractivity contribution in [3.8, 4) is 0 Å². The van der Waals surface area contributed by atoms with Gasteiger partial charge < -0.3 is 20.4 Å². The lowest BCUT2D eigenvalue weighted by Gasteiger charge is -2.12. The fourth-order valence-electron chi connectivity index (χ4n) is 1.94. The van der Waals surface area contributed by atoms with Crippen molar-refractivity contribution >= 4 is 5.97 Å². The molecule has 0 amide bonds. The Morgan fingerprint density at radius 2 is 1.48 bits per heavy atom. The third-order valence-corrected chi connectivity index (χ3v) is 3.46. The summed E-state index contributed by atoms with van der Waals surface area (Å²) < 4.78 is 0. The first-order chi connectivity index (χ1) is 13.0. The minimum absolute atomic E-state index is 0.0116. The lowest BCUT2D eigenvalue weighted by atomic mass is 10.1. The zero-order valence-corrected chi connectivity index (χ0v) is 15.9. The summed E-state index contributed by atoms with van der Waals surface area (Å²) in [5, 5.41) is 37.4. The molecule has 0 aromatic carbocycles. The number of aliphatic carboxylic acids is 1. The van der Waals surface area contributed by atoms with Crippen LogP contribution in [0.4, 0.5) is 0 Å². The Labute approximate surface area is 162 Å². The lowest BCUT2D eigenvalue weighted by Crippen LogP contribution is -2.24. The largest absolute Gasteiger partial charge is 0.481 e. The maximum atomic E-state index is 10.4. The molecule has 150 valence electrons. The van der Waals surface area contributed by atoms with Gasteiger partial charge >= 0.3 is 5.97 Å². The average molecular weight is 376 g/mol. The Kier molecular flexibility index (Phi) is 15.8. The van der Waals surface area contributed by atoms with E-state index in [0.29, 0.717) is 6.42 Å². The summed E-state index contributed by atoms with van der Waals surface area (Å²) in [5.41, 5.74) is 0. The van der Waals surface area contributed by atoms with Gasteiger partial charge in [0.2, 0.25) is 0 Å². The van der Waals surface area contributed by atoms with E-state index < -0.39 is 24.3 Å². The van der Waals surface area contributed by atoms with Gasteiger partial charge in [0.1, 0.15) is 0 Å². The molecule has 0 aromatic heterocycles. The van der Waals surface area contributed by atoms with E-state index in [1.807, 2.05) is 42.5 Å². The summed E-state index contributed by atoms with van der Waals surface area (Å²) in [5.74, 6) is -1.000. The molecule has 3 unspecified atom stereocenters. The third kappa shape index (κ3) is 17.0. The zero-order chi connectivity index (χ0) is 20.3. The average Bonchev–Trinajstić information content (AvgIpc) is 2.64. The molecular weight excluding hydrogens is 344 g/mol. The zero-order valence-electron chi connectivity index (χ0n) is 15.9. The molecule has 0 saturated carbocycles. The highest BCUT2D eigenvalue weighted by molar-refractivity contribution is 5.66. The number of hydrogen-bond acceptors (Lipinski definition) is 4. The molecule has 0 radical (unpaired) electrons. The maximum Gasteiger partial charge on any atom is 0.303 e. The summed E-state index contributed by atoms with van der Waals surface area (Å²) in [6, 6.07) is 0. The van der Waals surface area contributed by atoms with E-state index in [1.165, 1.54) is 6.08 Å². The molecule has 0 heterocycles. The van der Waals surface area contributed by atoms with Crippen molar-refractivity contribution in [1.29, 1.82) is 0 Å². The predicted octanol–water partition coefficient (Wildman–Crippen LogP) is 3.46. The van der Waals surface area contributed by atoms with Gasteiger partial charge in [0.15, 0.2) is 0 Å². The first-order valence-electron chi connectivity index (χ1n) is 9.21. The van der Waals surface area contributed by atoms with Crippen LogP contribution < -0.4 is 0 Å². The second kappa shape index (κ2) is 17.2. The highest BCUT2D eigenvalue weighted by atomic mass is 16.4. The van der Waals surface area contributed by atoms with E-state index in [0.717, 1.165) is 12.8 Å². The van der Waals surface area contributed by atoms with Crippen LogP contribution in [0.2, 0.25) is 0 Å². The smallest absolute Gasteiger partial charge is 0.303 e. The number of hydrogen-bond donors (Lipinski definition) is 4. The monoisotopic (exact) mass is 376 g/mol. The molecule has 0 aromatic rings. The highest BCUT2D eigenvalue weighted by Crippen LogP contribution is 2.04. The summed E-state index contributed by atoms with van der Waals surface area (Å²) in [7, 11) is 0. The number of aliphatic hydroxyl groups excluding tert-OH is 3. The molecule has 0 spiro atoms. The number of carbonyl (C=O) groups is 1. The molecule has 27 heavy (non-hydrogen) atoms. The quantitative estimate of drug-likeness (QED) is 0.275. The lowest BCUT2D eigenvalue weighted by molar-refractivity contribution is -0.137. The molecule has 0 rings (SSSR count). The van der Waals surface area contributed by atoms with Crippen molar-refractivity contribution in [1.82, 2.24) is 0 Å². The van der Waals surface area contributed by atoms with Crippen LogP contribution in [0.5, 0.6) is 0 Å². The Hall–Kier alpha value is -2.21. The number of aliphatic hydroxyl groups is 3. The van der Waals surface area contributed by atoms with Gasteiger partial charge in [0.05, 0.1) is 18.3 Å². The predicted molar refractivity (Wildman–Crippen MR) is 109 cm³/mol. The van der Waals surface area contributed by atoms with Gasteiger partial charge in [-0.2, -0.15) is 0 Å². The minimum Gasteiger partial charge on any atom is -0.481 e. The van der Waals surface area contributed by atoms with E-state index in [4.69, 9.17) is 5.11 Å². The van der Waals surface area contributed by atoms with Crippen LogP contribution >= 0.6 is 0 Å². The van der Waals surface area contributed by atoms with Crippen LogP contribution in [0, 0.1) is 0 Å². The number of rotatable bonds is 14. The van der Waals surface area contributed by atoms with Crippen molar-refractivity contribution in [2.75, 3.05) is 0 Å². The van der Waals surface area contributed by atoms with Crippen LogP contribution in [-0.4, -0.2) is 44.7 Å². The van der Waals surface area contributed by atoms with Crippen LogP contribution in [0.25, 0.3) is 0 Å². The molecule has 0 aliphatic carbocycles. The molecule has 3 atom stereocenters. The molecule has 0 aliphatic rings. The van der Waals surface area contributed by atoms with Crippen molar-refractivity contribution < 1.29 is 25.2 Å². The highest BCUT2D eigenvalue weighted by Gasteiger charge is 2.13. The van der Waals surface area contributed by atoms with Crippen LogP contribution in [0.1, 0.15) is 39.0 Å². The first kappa shape index (κ1) is 24.8. The Balaban J connectivity index is 3.98. The minimum atomic E-state index is -1.08. The van der Waals surface area contributed by atoms with E-state index in [1.54, 1.807) is 24.3 Å². The van der Waals surface area contributed by atoms with E-state index in [-0.39, 0.29) is 12.8 Å². The number of carboxylic acids is 1. The van der Waals surface area contributed by atoms with E-state index in [9.17, 15) is 20.1 Å². The van der Waals surface area contributed by atoms with Gasteiger partial charge in [-0.15, -0.1) is 0 Å². The van der Waals surface area contributed by atoms with Gasteiger partial charge in [0.25, 0.3) is 0 Å². The third-order valence-electron chi connectivity index (χ3n) is 3.46. The van der Waals surface area contributed by atoms with Gasteiger partial charge in [-0.25, -0.2) is 0 Å². The van der Waals surface area contributed by atoms with E-state index in [2.05, 4.69) is 6.92 Å². The Morgan fingerprint density at radius 3 is 2.15 bits per heavy atom. The second-order valence-electron chi connectivity index (χ2n) is 5.92. The number of carboxylic acid groups (broad SMARTS) is 1. The van der Waals surface area contributed by atoms with Gasteiger partial charge in [0, 0.05) is 6.42 Å². The van der Waals surface area contributed by atoms with Gasteiger partial charge in [-0.05, 0) is 25.7 Å². The van der Waals surface area contributed by atoms with Crippen molar-refractivity contribution in [2.24, 2.45) is 0 Å². The molecule has 0 bridgehead atoms. The molecule has 0 aliphatic heterocycles. The van der Waals surface area contributed by atoms with Crippen LogP contribution in [0.3, 0.4) is 0 Å². The fourth-order valence-corrected chi connectivity index (χ4v) is 1.94. The SMILES string of the molecule is CCC=CCC(O)C=CC=CCC=CC=CC=CC(O)C(O)CCC(=O)O. The van der Waals surface area contributed by atoms with Crippen molar-refractivity contribution in [3.05, 3.63) is 72.9 Å². The number of allylic oxidation sites excluding steroid dienone is 9. The fraction of sp³-hybridized carbons (Fsp3) is 0.409. The maximum absolute atomic E-state index is 10.4. The molecule has 0 fully saturated rings. The molecular formula is C22H32O5. The van der Waals surface area contributed by atoms with Gasteiger partial charge in [-0.1, -0.05) is 79.8 Å². The van der Waals surface area contributed by atoms with Crippen LogP contribution in [-0.2, 0) is 4.79 Å². The Bertz CT molecular complexity index is 555. The normalized spacial score (nSPS) is 16.6. The summed E-state index contributed by atoms with van der Waals surface area (Å²) in [6.07, 6.45) is 21.3. The standard InChI is InChI=1S/C22H32O5/c1-2-3-11-14-19(23)15-12-9-7-5-4-6-8-10-13-16-20(24)21(25)17-18-22(26)27/h3-4,6-13,15-16,19-21,23-25H,2,5,14,17-18H2,1H3,(H,26,27). The molecule has 0 saturated heterocycles. The summed E-state index contributed by atoms with van der Waals surface area (Å²) >= 11 is 0. The van der Waals surface area contributed by atoms with Crippen LogP contribution in [0.15, 0.2) is 72.9 Å². The Morgan fingerprint density at radius 1 is 0.852 bits per heavy atom. The van der Waals surface area contributed by atoms with Crippen molar-refractivity contribution in [2.45, 2.75) is 57.3 Å². The summed E-state index contributed by atoms with van der Waals surface area (Å²) in [6.45, 7) is 2.05.